The van der Waals surface area contributed by atoms with Crippen molar-refractivity contribution in [3.63, 3.8) is 0 Å². The van der Waals surface area contributed by atoms with Crippen LogP contribution >= 0.6 is 0 Å². The number of hydrogen-bond donors (Lipinski definition) is 2. The molecule has 0 fully saturated rings. The van der Waals surface area contributed by atoms with Crippen molar-refractivity contribution >= 4 is 5.82 Å². The topological polar surface area (TPSA) is 65.2 Å². The van der Waals surface area contributed by atoms with Crippen molar-refractivity contribution < 1.29 is 10.2 Å². The number of aryl methyl sites for hydroxylation is 1. The van der Waals surface area contributed by atoms with Gasteiger partial charge < -0.3 is 0 Å². The Morgan fingerprint density at radius 1 is 1.64 bits per heavy atom. The second kappa shape index (κ2) is 2.96. The van der Waals surface area contributed by atoms with Crippen LogP contribution in [0.15, 0.2) is 18.3 Å². The molecule has 1 aromatic rings. The first-order valence-corrected chi connectivity index (χ1v) is 3.04. The fourth-order valence-electron chi connectivity index (χ4n) is 0.632. The molecule has 0 amide bonds. The second-order valence-corrected chi connectivity index (χ2v) is 2.11. The SMILES string of the molecule is Cc1ccc(N[N+](=O)O)nc1. The Balaban J connectivity index is 2.74. The molecule has 0 bridgehead atoms. The molecule has 58 valence electrons. The molecule has 0 aliphatic heterocycles. The zero-order valence-corrected chi connectivity index (χ0v) is 5.98. The largest absolute Gasteiger partial charge is 0.361 e. The summed E-state index contributed by atoms with van der Waals surface area (Å²) in [7, 11) is 0. The first kappa shape index (κ1) is 7.46. The van der Waals surface area contributed by atoms with Gasteiger partial charge in [-0.1, -0.05) is 11.5 Å². The fraction of sp³-hybridized carbons (Fsp3) is 0.167. The number of hydrogen-bond acceptors (Lipinski definition) is 2. The molecule has 0 spiro atoms. The number of anilines is 1. The average Bonchev–Trinajstić information content (AvgIpc) is 1.93. The molecule has 11 heavy (non-hydrogen) atoms. The summed E-state index contributed by atoms with van der Waals surface area (Å²) in [6.45, 7) is 1.88. The number of pyridine rings is 1. The van der Waals surface area contributed by atoms with Crippen LogP contribution in [-0.4, -0.2) is 15.2 Å². The highest BCUT2D eigenvalue weighted by Crippen LogP contribution is 2.02. The van der Waals surface area contributed by atoms with Gasteiger partial charge in [0.1, 0.15) is 4.91 Å². The van der Waals surface area contributed by atoms with E-state index >= 15 is 0 Å². The summed E-state index contributed by atoms with van der Waals surface area (Å²) < 4.78 is 0. The molecule has 0 unspecified atom stereocenters. The van der Waals surface area contributed by atoms with E-state index in [0.717, 1.165) is 5.56 Å². The van der Waals surface area contributed by atoms with Crippen LogP contribution in [0.1, 0.15) is 5.56 Å². The van der Waals surface area contributed by atoms with Crippen LogP contribution in [0, 0.1) is 11.8 Å². The van der Waals surface area contributed by atoms with Gasteiger partial charge in [-0.3, -0.25) is 0 Å². The lowest BCUT2D eigenvalue weighted by molar-refractivity contribution is -0.770. The maximum Gasteiger partial charge on any atom is 0.361 e. The number of rotatable bonds is 2. The minimum absolute atomic E-state index is 0.313. The third-order valence-corrected chi connectivity index (χ3v) is 1.12. The smallest absolute Gasteiger partial charge is 0.234 e. The molecule has 5 nitrogen and oxygen atoms in total. The first-order valence-electron chi connectivity index (χ1n) is 3.04. The maximum absolute atomic E-state index is 10.0. The van der Waals surface area contributed by atoms with Crippen LogP contribution in [-0.2, 0) is 0 Å². The summed E-state index contributed by atoms with van der Waals surface area (Å²) in [5.41, 5.74) is 3.05. The predicted octanol–water partition coefficient (Wildman–Crippen LogP) is 0.885. The van der Waals surface area contributed by atoms with Gasteiger partial charge in [0.15, 0.2) is 5.82 Å². The third kappa shape index (κ3) is 2.21. The molecule has 1 rings (SSSR count). The lowest BCUT2D eigenvalue weighted by atomic mass is 10.3. The van der Waals surface area contributed by atoms with Gasteiger partial charge in [0, 0.05) is 6.20 Å². The van der Waals surface area contributed by atoms with Gasteiger partial charge in [-0.15, -0.1) is 0 Å². The van der Waals surface area contributed by atoms with E-state index in [0.29, 0.717) is 5.82 Å². The number of nitrogens with zero attached hydrogens (tertiary/aromatic N) is 2. The molecular weight excluding hydrogens is 146 g/mol. The van der Waals surface area contributed by atoms with E-state index in [9.17, 15) is 4.91 Å². The highest BCUT2D eigenvalue weighted by Gasteiger charge is 2.03. The minimum atomic E-state index is -0.391. The van der Waals surface area contributed by atoms with Gasteiger partial charge in [0.2, 0.25) is 0 Å². The Morgan fingerprint density at radius 2 is 2.36 bits per heavy atom. The molecule has 1 heterocycles. The summed E-state index contributed by atoms with van der Waals surface area (Å²) in [6, 6.07) is 3.37. The van der Waals surface area contributed by atoms with Crippen LogP contribution in [0.3, 0.4) is 0 Å². The summed E-state index contributed by atoms with van der Waals surface area (Å²) in [4.78, 5) is 13.8. The van der Waals surface area contributed by atoms with Gasteiger partial charge in [0.05, 0.1) is 0 Å². The van der Waals surface area contributed by atoms with E-state index in [1.807, 2.05) is 6.92 Å². The van der Waals surface area contributed by atoms with Gasteiger partial charge in [-0.25, -0.2) is 10.2 Å². The number of nitrogens with one attached hydrogen (secondary N) is 1. The van der Waals surface area contributed by atoms with Gasteiger partial charge >= 0.3 is 5.03 Å². The van der Waals surface area contributed by atoms with Crippen LogP contribution in [0.25, 0.3) is 0 Å². The van der Waals surface area contributed by atoms with E-state index in [4.69, 9.17) is 5.21 Å². The standard InChI is InChI=1S/C6H8N3O2/c1-5-2-3-6(7-4-5)8-9(10)11/h2-4H,1H3,(H,7,8)(H,10,11)/q+1. The summed E-state index contributed by atoms with van der Waals surface area (Å²) in [6.07, 6.45) is 1.59. The molecule has 0 aliphatic carbocycles. The lowest BCUT2D eigenvalue weighted by Gasteiger charge is -1.92. The molecule has 1 aromatic heterocycles. The molecule has 0 saturated carbocycles. The van der Waals surface area contributed by atoms with Crippen LogP contribution in [0.5, 0.6) is 0 Å². The summed E-state index contributed by atoms with van der Waals surface area (Å²) in [5.74, 6) is 0.313. The monoisotopic (exact) mass is 154 g/mol. The molecule has 0 atom stereocenters. The highest BCUT2D eigenvalue weighted by atomic mass is 16.7. The Bertz CT molecular complexity index is 257. The van der Waals surface area contributed by atoms with Crippen molar-refractivity contribution in [1.82, 2.24) is 4.98 Å². The van der Waals surface area contributed by atoms with Crippen molar-refractivity contribution in [3.8, 4) is 0 Å². The van der Waals surface area contributed by atoms with Gasteiger partial charge in [-0.05, 0) is 18.6 Å². The summed E-state index contributed by atoms with van der Waals surface area (Å²) in [5, 5.41) is 7.81. The Morgan fingerprint density at radius 3 is 2.82 bits per heavy atom. The van der Waals surface area contributed by atoms with E-state index in [2.05, 4.69) is 10.4 Å². The lowest BCUT2D eigenvalue weighted by Crippen LogP contribution is -2.11. The van der Waals surface area contributed by atoms with Gasteiger partial charge in [0.25, 0.3) is 0 Å². The van der Waals surface area contributed by atoms with Crippen molar-refractivity contribution in [1.29, 1.82) is 0 Å². The quantitative estimate of drug-likeness (QED) is 0.621. The van der Waals surface area contributed by atoms with Gasteiger partial charge in [-0.2, -0.15) is 0 Å². The Labute approximate surface area is 63.2 Å². The van der Waals surface area contributed by atoms with E-state index in [-0.39, 0.29) is 0 Å². The first-order chi connectivity index (χ1) is 5.18. The second-order valence-electron chi connectivity index (χ2n) is 2.11. The molecule has 0 aromatic carbocycles. The van der Waals surface area contributed by atoms with Crippen molar-refractivity contribution in [2.75, 3.05) is 5.43 Å². The molecule has 2 N–H and O–H groups in total. The average molecular weight is 154 g/mol. The Kier molecular flexibility index (Phi) is 2.00. The van der Waals surface area contributed by atoms with Crippen molar-refractivity contribution in [2.45, 2.75) is 6.92 Å². The molecular formula is C6H8N3O2+. The fourth-order valence-corrected chi connectivity index (χ4v) is 0.632. The normalized spacial score (nSPS) is 9.18. The maximum atomic E-state index is 10.0. The third-order valence-electron chi connectivity index (χ3n) is 1.12. The summed E-state index contributed by atoms with van der Waals surface area (Å²) >= 11 is 0. The molecule has 5 heteroatoms. The zero-order valence-electron chi connectivity index (χ0n) is 5.98. The predicted molar refractivity (Wildman–Crippen MR) is 38.0 cm³/mol. The van der Waals surface area contributed by atoms with E-state index in [1.54, 1.807) is 18.3 Å². The molecule has 0 aliphatic rings. The minimum Gasteiger partial charge on any atom is -0.234 e. The number of hydrazine groups is 1. The van der Waals surface area contributed by atoms with E-state index in [1.165, 1.54) is 0 Å². The molecule has 0 saturated heterocycles. The van der Waals surface area contributed by atoms with Crippen LogP contribution in [0.4, 0.5) is 5.82 Å². The van der Waals surface area contributed by atoms with E-state index < -0.39 is 5.03 Å². The van der Waals surface area contributed by atoms with Crippen LogP contribution in [0.2, 0.25) is 0 Å². The molecule has 0 radical (unpaired) electrons. The Hall–Kier alpha value is -1.65. The van der Waals surface area contributed by atoms with Crippen molar-refractivity contribution in [2.24, 2.45) is 0 Å². The zero-order chi connectivity index (χ0) is 8.27. The number of aromatic nitrogens is 1. The van der Waals surface area contributed by atoms with Crippen LogP contribution < -0.4 is 5.43 Å². The highest BCUT2D eigenvalue weighted by molar-refractivity contribution is 5.31. The van der Waals surface area contributed by atoms with Crippen molar-refractivity contribution in [3.05, 3.63) is 28.8 Å².